The summed E-state index contributed by atoms with van der Waals surface area (Å²) in [4.78, 5) is 12.3. The van der Waals surface area contributed by atoms with Crippen molar-refractivity contribution in [3.8, 4) is 5.75 Å². The van der Waals surface area contributed by atoms with Gasteiger partial charge in [-0.2, -0.15) is 13.9 Å². The van der Waals surface area contributed by atoms with Crippen LogP contribution in [-0.4, -0.2) is 41.6 Å². The van der Waals surface area contributed by atoms with E-state index in [4.69, 9.17) is 9.47 Å². The summed E-state index contributed by atoms with van der Waals surface area (Å²) in [6.45, 7) is 0.0159. The number of ether oxygens (including phenoxy) is 2. The van der Waals surface area contributed by atoms with Gasteiger partial charge in [0.25, 0.3) is 0 Å². The molecular formula is C19H20F4N2O3. The third-order valence-electron chi connectivity index (χ3n) is 3.86. The monoisotopic (exact) mass is 400 g/mol. The van der Waals surface area contributed by atoms with Gasteiger partial charge in [0.2, 0.25) is 5.78 Å². The van der Waals surface area contributed by atoms with Gasteiger partial charge in [-0.25, -0.2) is 8.78 Å². The standard InChI is InChI=1S/C19H20F4N2O3/c1-12-8-15(25(2)24-12)16(26)6-4-13-5-7-17(27-3)14(9-13)10-28-11-19(22,23)18(20)21/h4-9,18H,10-11H2,1-3H3/b6-4+. The summed E-state index contributed by atoms with van der Waals surface area (Å²) in [7, 11) is 3.04. The van der Waals surface area contributed by atoms with E-state index in [0.29, 0.717) is 28.3 Å². The van der Waals surface area contributed by atoms with Gasteiger partial charge in [-0.3, -0.25) is 9.48 Å². The van der Waals surface area contributed by atoms with E-state index >= 15 is 0 Å². The molecule has 0 fully saturated rings. The third kappa shape index (κ3) is 5.41. The topological polar surface area (TPSA) is 53.3 Å². The van der Waals surface area contributed by atoms with Crippen molar-refractivity contribution in [3.63, 3.8) is 0 Å². The van der Waals surface area contributed by atoms with Crippen molar-refractivity contribution in [1.82, 2.24) is 9.78 Å². The van der Waals surface area contributed by atoms with Crippen molar-refractivity contribution in [2.75, 3.05) is 13.7 Å². The van der Waals surface area contributed by atoms with Crippen LogP contribution in [0.15, 0.2) is 30.3 Å². The van der Waals surface area contributed by atoms with Crippen LogP contribution in [-0.2, 0) is 18.4 Å². The average molecular weight is 400 g/mol. The predicted molar refractivity (Wildman–Crippen MR) is 94.9 cm³/mol. The molecule has 0 saturated carbocycles. The fraction of sp³-hybridized carbons (Fsp3) is 0.368. The number of alkyl halides is 4. The van der Waals surface area contributed by atoms with Gasteiger partial charge in [-0.15, -0.1) is 0 Å². The lowest BCUT2D eigenvalue weighted by Crippen LogP contribution is -2.32. The van der Waals surface area contributed by atoms with Gasteiger partial charge in [-0.1, -0.05) is 12.1 Å². The van der Waals surface area contributed by atoms with E-state index in [1.165, 1.54) is 17.9 Å². The molecule has 2 aromatic rings. The minimum atomic E-state index is -4.22. The van der Waals surface area contributed by atoms with Gasteiger partial charge >= 0.3 is 12.3 Å². The second-order valence-electron chi connectivity index (χ2n) is 6.12. The van der Waals surface area contributed by atoms with E-state index in [-0.39, 0.29) is 12.4 Å². The first-order valence-electron chi connectivity index (χ1n) is 8.27. The second-order valence-corrected chi connectivity index (χ2v) is 6.12. The van der Waals surface area contributed by atoms with Crippen molar-refractivity contribution in [2.24, 2.45) is 7.05 Å². The zero-order valence-electron chi connectivity index (χ0n) is 15.6. The number of methoxy groups -OCH3 is 1. The van der Waals surface area contributed by atoms with Crippen molar-refractivity contribution < 1.29 is 31.8 Å². The maximum atomic E-state index is 13.0. The van der Waals surface area contributed by atoms with Gasteiger partial charge in [0.05, 0.1) is 19.4 Å². The number of aryl methyl sites for hydroxylation is 2. The van der Waals surface area contributed by atoms with Crippen LogP contribution in [0, 0.1) is 6.92 Å². The fourth-order valence-electron chi connectivity index (χ4n) is 2.47. The first kappa shape index (κ1) is 21.6. The molecule has 152 valence electrons. The molecule has 1 aromatic heterocycles. The highest BCUT2D eigenvalue weighted by atomic mass is 19.3. The minimum absolute atomic E-state index is 0.256. The summed E-state index contributed by atoms with van der Waals surface area (Å²) >= 11 is 0. The number of rotatable bonds is 9. The molecular weight excluding hydrogens is 380 g/mol. The molecule has 5 nitrogen and oxygen atoms in total. The van der Waals surface area contributed by atoms with E-state index in [9.17, 15) is 22.4 Å². The first-order valence-corrected chi connectivity index (χ1v) is 8.27. The summed E-state index contributed by atoms with van der Waals surface area (Å²) in [5.41, 5.74) is 2.11. The Bertz CT molecular complexity index is 863. The van der Waals surface area contributed by atoms with Gasteiger partial charge in [0.1, 0.15) is 18.1 Å². The van der Waals surface area contributed by atoms with E-state index in [2.05, 4.69) is 5.10 Å². The van der Waals surface area contributed by atoms with Crippen LogP contribution in [0.3, 0.4) is 0 Å². The van der Waals surface area contributed by atoms with E-state index in [1.54, 1.807) is 44.3 Å². The Morgan fingerprint density at radius 3 is 2.61 bits per heavy atom. The quantitative estimate of drug-likeness (QED) is 0.362. The second kappa shape index (κ2) is 9.01. The van der Waals surface area contributed by atoms with Gasteiger partial charge in [0.15, 0.2) is 0 Å². The van der Waals surface area contributed by atoms with Gasteiger partial charge in [0, 0.05) is 12.6 Å². The van der Waals surface area contributed by atoms with E-state index < -0.39 is 19.0 Å². The number of halogens is 4. The average Bonchev–Trinajstić information content (AvgIpc) is 2.98. The zero-order chi connectivity index (χ0) is 20.9. The number of benzene rings is 1. The molecule has 0 unspecified atom stereocenters. The minimum Gasteiger partial charge on any atom is -0.496 e. The highest BCUT2D eigenvalue weighted by Gasteiger charge is 2.40. The number of ketones is 1. The number of hydrogen-bond acceptors (Lipinski definition) is 4. The normalized spacial score (nSPS) is 12.1. The fourth-order valence-corrected chi connectivity index (χ4v) is 2.47. The van der Waals surface area contributed by atoms with Crippen LogP contribution < -0.4 is 4.74 Å². The largest absolute Gasteiger partial charge is 0.496 e. The van der Waals surface area contributed by atoms with Crippen LogP contribution in [0.4, 0.5) is 17.6 Å². The van der Waals surface area contributed by atoms with Gasteiger partial charge < -0.3 is 9.47 Å². The number of hydrogen-bond donors (Lipinski definition) is 0. The van der Waals surface area contributed by atoms with Crippen LogP contribution in [0.2, 0.25) is 0 Å². The third-order valence-corrected chi connectivity index (χ3v) is 3.86. The Morgan fingerprint density at radius 1 is 1.32 bits per heavy atom. The maximum Gasteiger partial charge on any atom is 0.330 e. The summed E-state index contributed by atoms with van der Waals surface area (Å²) < 4.78 is 61.6. The highest BCUT2D eigenvalue weighted by Crippen LogP contribution is 2.26. The van der Waals surface area contributed by atoms with Crippen molar-refractivity contribution >= 4 is 11.9 Å². The molecule has 0 saturated heterocycles. The summed E-state index contributed by atoms with van der Waals surface area (Å²) in [5.74, 6) is -4.13. The van der Waals surface area contributed by atoms with Crippen molar-refractivity contribution in [3.05, 3.63) is 52.9 Å². The zero-order valence-corrected chi connectivity index (χ0v) is 15.6. The highest BCUT2D eigenvalue weighted by molar-refractivity contribution is 6.05. The molecule has 0 amide bonds. The summed E-state index contributed by atoms with van der Waals surface area (Å²) in [6.07, 6.45) is -0.903. The van der Waals surface area contributed by atoms with Crippen molar-refractivity contribution in [2.45, 2.75) is 25.9 Å². The molecule has 0 aliphatic heterocycles. The Morgan fingerprint density at radius 2 is 2.04 bits per heavy atom. The number of allylic oxidation sites excluding steroid dienone is 1. The van der Waals surface area contributed by atoms with Crippen LogP contribution in [0.25, 0.3) is 6.08 Å². The lowest BCUT2D eigenvalue weighted by atomic mass is 10.1. The predicted octanol–water partition coefficient (Wildman–Crippen LogP) is 4.05. The molecule has 2 rings (SSSR count). The lowest BCUT2D eigenvalue weighted by Gasteiger charge is -2.16. The number of carbonyl (C=O) groups excluding carboxylic acids is 1. The SMILES string of the molecule is COc1ccc(/C=C/C(=O)c2cc(C)nn2C)cc1COCC(F)(F)C(F)F. The molecule has 9 heteroatoms. The molecule has 1 aromatic carbocycles. The molecule has 0 atom stereocenters. The van der Waals surface area contributed by atoms with E-state index in [0.717, 1.165) is 0 Å². The van der Waals surface area contributed by atoms with Crippen molar-refractivity contribution in [1.29, 1.82) is 0 Å². The number of nitrogens with zero attached hydrogens (tertiary/aromatic N) is 2. The maximum absolute atomic E-state index is 13.0. The molecule has 28 heavy (non-hydrogen) atoms. The van der Waals surface area contributed by atoms with Gasteiger partial charge in [-0.05, 0) is 36.8 Å². The molecule has 0 radical (unpaired) electrons. The molecule has 1 heterocycles. The lowest BCUT2D eigenvalue weighted by molar-refractivity contribution is -0.168. The molecule has 0 aliphatic rings. The Hall–Kier alpha value is -2.68. The molecule has 0 bridgehead atoms. The Labute approximate surface area is 159 Å². The Kier molecular flexibility index (Phi) is 6.95. The van der Waals surface area contributed by atoms with Crippen LogP contribution in [0.1, 0.15) is 27.3 Å². The van der Waals surface area contributed by atoms with Crippen LogP contribution in [0.5, 0.6) is 5.75 Å². The van der Waals surface area contributed by atoms with Crippen LogP contribution >= 0.6 is 0 Å². The summed E-state index contributed by atoms with van der Waals surface area (Å²) in [5, 5.41) is 4.10. The number of carbonyl (C=O) groups is 1. The Balaban J connectivity index is 2.11. The molecule has 0 spiro atoms. The first-order chi connectivity index (χ1) is 13.1. The summed E-state index contributed by atoms with van der Waals surface area (Å²) in [6, 6.07) is 6.46. The molecule has 0 N–H and O–H groups in total. The number of aromatic nitrogens is 2. The van der Waals surface area contributed by atoms with E-state index in [1.807, 2.05) is 0 Å². The molecule has 0 aliphatic carbocycles. The smallest absolute Gasteiger partial charge is 0.330 e.